The van der Waals surface area contributed by atoms with E-state index in [9.17, 15) is 14.7 Å². The van der Waals surface area contributed by atoms with Crippen LogP contribution < -0.4 is 0 Å². The third-order valence-corrected chi connectivity index (χ3v) is 5.14. The van der Waals surface area contributed by atoms with Crippen LogP contribution in [-0.2, 0) is 20.7 Å². The fourth-order valence-corrected chi connectivity index (χ4v) is 4.04. The molecule has 0 spiro atoms. The highest BCUT2D eigenvalue weighted by atomic mass is 32.1. The molecule has 2 rings (SSSR count). The van der Waals surface area contributed by atoms with E-state index >= 15 is 0 Å². The lowest BCUT2D eigenvalue weighted by Gasteiger charge is -2.20. The van der Waals surface area contributed by atoms with Crippen LogP contribution in [0.1, 0.15) is 39.5 Å². The maximum atomic E-state index is 12.8. The van der Waals surface area contributed by atoms with Crippen LogP contribution in [0.25, 0.3) is 0 Å². The average molecular weight is 360 g/mol. The number of methoxy groups -OCH3 is 1. The van der Waals surface area contributed by atoms with Gasteiger partial charge in [-0.3, -0.25) is 9.59 Å². The molecule has 2 unspecified atom stereocenters. The van der Waals surface area contributed by atoms with Gasteiger partial charge in [0.25, 0.3) is 0 Å². The molecule has 0 aliphatic rings. The number of hydrogen-bond acceptors (Lipinski definition) is 5. The molecular weight excluding hydrogens is 336 g/mol. The maximum absolute atomic E-state index is 12.8. The van der Waals surface area contributed by atoms with Crippen LogP contribution in [0.5, 0.6) is 0 Å². The standard InChI is InChI=1S/C20H24O4S/c1-12-8-13(2)18(14(3)9-12)19(20(23)24-4)17(22)11-15(21)10-16-6-5-7-25-16/h5-9,15,19,21H,10-11H2,1-4H3. The van der Waals surface area contributed by atoms with E-state index in [0.29, 0.717) is 12.0 Å². The summed E-state index contributed by atoms with van der Waals surface area (Å²) in [7, 11) is 1.28. The Kier molecular flexibility index (Phi) is 6.51. The zero-order valence-electron chi connectivity index (χ0n) is 15.0. The number of ether oxygens (including phenoxy) is 1. The predicted molar refractivity (Wildman–Crippen MR) is 99.1 cm³/mol. The summed E-state index contributed by atoms with van der Waals surface area (Å²) in [6, 6.07) is 7.73. The first-order chi connectivity index (χ1) is 11.8. The lowest BCUT2D eigenvalue weighted by molar-refractivity contribution is -0.146. The first-order valence-electron chi connectivity index (χ1n) is 8.22. The van der Waals surface area contributed by atoms with Crippen molar-refractivity contribution >= 4 is 23.1 Å². The lowest BCUT2D eigenvalue weighted by Crippen LogP contribution is -2.28. The molecule has 1 aromatic heterocycles. The number of carbonyl (C=O) groups is 2. The highest BCUT2D eigenvalue weighted by molar-refractivity contribution is 7.09. The summed E-state index contributed by atoms with van der Waals surface area (Å²) < 4.78 is 4.88. The van der Waals surface area contributed by atoms with Crippen LogP contribution in [-0.4, -0.2) is 30.1 Å². The van der Waals surface area contributed by atoms with E-state index in [1.807, 2.05) is 50.4 Å². The molecular formula is C20H24O4S. The summed E-state index contributed by atoms with van der Waals surface area (Å²) in [6.07, 6.45) is -0.488. The van der Waals surface area contributed by atoms with Gasteiger partial charge in [0.15, 0.2) is 5.78 Å². The van der Waals surface area contributed by atoms with Gasteiger partial charge in [0.1, 0.15) is 5.92 Å². The van der Waals surface area contributed by atoms with Crippen molar-refractivity contribution in [2.75, 3.05) is 7.11 Å². The number of aliphatic hydroxyl groups excluding tert-OH is 1. The molecule has 0 saturated heterocycles. The monoisotopic (exact) mass is 360 g/mol. The quantitative estimate of drug-likeness (QED) is 0.606. The maximum Gasteiger partial charge on any atom is 0.320 e. The van der Waals surface area contributed by atoms with Gasteiger partial charge in [-0.15, -0.1) is 11.3 Å². The van der Waals surface area contributed by atoms with E-state index in [2.05, 4.69) is 0 Å². The number of thiophene rings is 1. The van der Waals surface area contributed by atoms with Gasteiger partial charge >= 0.3 is 5.97 Å². The predicted octanol–water partition coefficient (Wildman–Crippen LogP) is 3.49. The van der Waals surface area contributed by atoms with Gasteiger partial charge in [0, 0.05) is 17.7 Å². The Bertz CT molecular complexity index is 726. The van der Waals surface area contributed by atoms with E-state index in [1.54, 1.807) is 0 Å². The van der Waals surface area contributed by atoms with E-state index in [1.165, 1.54) is 18.4 Å². The van der Waals surface area contributed by atoms with Crippen LogP contribution in [0.2, 0.25) is 0 Å². The number of aryl methyl sites for hydroxylation is 3. The minimum atomic E-state index is -0.997. The molecule has 0 bridgehead atoms. The zero-order valence-corrected chi connectivity index (χ0v) is 15.9. The van der Waals surface area contributed by atoms with Crippen molar-refractivity contribution in [1.29, 1.82) is 0 Å². The molecule has 0 aliphatic heterocycles. The largest absolute Gasteiger partial charge is 0.468 e. The number of benzene rings is 1. The minimum absolute atomic E-state index is 0.0789. The minimum Gasteiger partial charge on any atom is -0.468 e. The molecule has 0 fully saturated rings. The van der Waals surface area contributed by atoms with Crippen LogP contribution >= 0.6 is 11.3 Å². The SMILES string of the molecule is COC(=O)C(C(=O)CC(O)Cc1cccs1)c1c(C)cc(C)cc1C. The average Bonchev–Trinajstić information content (AvgIpc) is 3.02. The molecule has 5 heteroatoms. The Morgan fingerprint density at radius 3 is 2.36 bits per heavy atom. The molecule has 1 N–H and O–H groups in total. The summed E-state index contributed by atoms with van der Waals surface area (Å²) in [6.45, 7) is 5.75. The van der Waals surface area contributed by atoms with Crippen LogP contribution in [0.3, 0.4) is 0 Å². The number of carbonyl (C=O) groups excluding carboxylic acids is 2. The molecule has 2 atom stereocenters. The van der Waals surface area contributed by atoms with Gasteiger partial charge < -0.3 is 9.84 Å². The third kappa shape index (κ3) is 4.77. The summed E-state index contributed by atoms with van der Waals surface area (Å²) in [4.78, 5) is 26.1. The van der Waals surface area contributed by atoms with Gasteiger partial charge in [0.2, 0.25) is 0 Å². The van der Waals surface area contributed by atoms with Crippen LogP contribution in [0.4, 0.5) is 0 Å². The highest BCUT2D eigenvalue weighted by Crippen LogP contribution is 2.29. The first kappa shape index (κ1) is 19.3. The Labute approximate surface area is 152 Å². The summed E-state index contributed by atoms with van der Waals surface area (Å²) in [5, 5.41) is 12.2. The van der Waals surface area contributed by atoms with Gasteiger partial charge in [-0.1, -0.05) is 23.8 Å². The van der Waals surface area contributed by atoms with Crippen LogP contribution in [0.15, 0.2) is 29.6 Å². The topological polar surface area (TPSA) is 63.6 Å². The molecule has 4 nitrogen and oxygen atoms in total. The van der Waals surface area contributed by atoms with Gasteiger partial charge in [0.05, 0.1) is 13.2 Å². The zero-order chi connectivity index (χ0) is 18.6. The van der Waals surface area contributed by atoms with Gasteiger partial charge in [-0.05, 0) is 48.9 Å². The second-order valence-electron chi connectivity index (χ2n) is 6.38. The number of rotatable bonds is 7. The molecule has 134 valence electrons. The van der Waals surface area contributed by atoms with Crippen molar-refractivity contribution in [3.05, 3.63) is 56.8 Å². The molecule has 1 heterocycles. The molecule has 2 aromatic rings. The van der Waals surface area contributed by atoms with Crippen molar-refractivity contribution in [2.45, 2.75) is 45.6 Å². The lowest BCUT2D eigenvalue weighted by atomic mass is 9.84. The van der Waals surface area contributed by atoms with Gasteiger partial charge in [-0.25, -0.2) is 0 Å². The number of hydrogen-bond donors (Lipinski definition) is 1. The van der Waals surface area contributed by atoms with Crippen molar-refractivity contribution in [3.63, 3.8) is 0 Å². The Balaban J connectivity index is 2.25. The summed E-state index contributed by atoms with van der Waals surface area (Å²) >= 11 is 1.54. The Hall–Kier alpha value is -1.98. The molecule has 0 amide bonds. The van der Waals surface area contributed by atoms with Crippen molar-refractivity contribution in [3.8, 4) is 0 Å². The summed E-state index contributed by atoms with van der Waals surface area (Å²) in [5.41, 5.74) is 3.53. The molecule has 25 heavy (non-hydrogen) atoms. The smallest absolute Gasteiger partial charge is 0.320 e. The van der Waals surface area contributed by atoms with Gasteiger partial charge in [-0.2, -0.15) is 0 Å². The number of aliphatic hydroxyl groups is 1. The van der Waals surface area contributed by atoms with E-state index < -0.39 is 18.0 Å². The second kappa shape index (κ2) is 8.41. The van der Waals surface area contributed by atoms with E-state index in [0.717, 1.165) is 21.6 Å². The Morgan fingerprint density at radius 2 is 1.84 bits per heavy atom. The van der Waals surface area contributed by atoms with Crippen molar-refractivity contribution in [1.82, 2.24) is 0 Å². The fraction of sp³-hybridized carbons (Fsp3) is 0.400. The molecule has 0 radical (unpaired) electrons. The Morgan fingerprint density at radius 1 is 1.20 bits per heavy atom. The van der Waals surface area contributed by atoms with E-state index in [4.69, 9.17) is 4.74 Å². The van der Waals surface area contributed by atoms with Crippen LogP contribution in [0, 0.1) is 20.8 Å². The molecule has 0 saturated carbocycles. The third-order valence-electron chi connectivity index (χ3n) is 4.24. The summed E-state index contributed by atoms with van der Waals surface area (Å²) in [5.74, 6) is -1.89. The molecule has 1 aromatic carbocycles. The molecule has 0 aliphatic carbocycles. The number of esters is 1. The van der Waals surface area contributed by atoms with E-state index in [-0.39, 0.29) is 12.2 Å². The van der Waals surface area contributed by atoms with Crippen molar-refractivity contribution in [2.24, 2.45) is 0 Å². The fourth-order valence-electron chi connectivity index (χ4n) is 3.26. The normalized spacial score (nSPS) is 13.3. The second-order valence-corrected chi connectivity index (χ2v) is 7.41. The van der Waals surface area contributed by atoms with Crippen molar-refractivity contribution < 1.29 is 19.4 Å². The number of Topliss-reactive ketones (excluding diaryl/α,β-unsaturated/α-hetero) is 1. The first-order valence-corrected chi connectivity index (χ1v) is 9.10. The highest BCUT2D eigenvalue weighted by Gasteiger charge is 2.33. The number of ketones is 1.